The van der Waals surface area contributed by atoms with Crippen LogP contribution in [0.2, 0.25) is 0 Å². The van der Waals surface area contributed by atoms with Crippen molar-refractivity contribution in [2.75, 3.05) is 51.3 Å². The first-order valence-corrected chi connectivity index (χ1v) is 13.2. The Balaban J connectivity index is 1.62. The van der Waals surface area contributed by atoms with Gasteiger partial charge >= 0.3 is 0 Å². The van der Waals surface area contributed by atoms with E-state index in [9.17, 15) is 9.59 Å². The first-order valence-electron chi connectivity index (χ1n) is 12.4. The van der Waals surface area contributed by atoms with E-state index in [2.05, 4.69) is 22.1 Å². The molecule has 1 aliphatic heterocycles. The summed E-state index contributed by atoms with van der Waals surface area (Å²) in [4.78, 5) is 35.6. The summed E-state index contributed by atoms with van der Waals surface area (Å²) >= 11 is 1.46. The number of benzene rings is 1. The normalized spacial score (nSPS) is 14.2. The maximum atomic E-state index is 13.3. The number of nitrogens with one attached hydrogen (secondary N) is 1. The van der Waals surface area contributed by atoms with Gasteiger partial charge in [-0.25, -0.2) is 4.98 Å². The van der Waals surface area contributed by atoms with Crippen molar-refractivity contribution in [1.29, 1.82) is 0 Å². The fourth-order valence-corrected chi connectivity index (χ4v) is 4.83. The Bertz CT molecular complexity index is 903. The van der Waals surface area contributed by atoms with E-state index in [4.69, 9.17) is 4.74 Å². The SMILES string of the molecule is CCCCCc1ccc(C(=O)N(CCCN2CCOCC2)CC(=O)Nc2nc(C)c(C)s2)cc1. The molecule has 0 atom stereocenters. The van der Waals surface area contributed by atoms with Crippen molar-refractivity contribution in [1.82, 2.24) is 14.8 Å². The molecular weight excluding hydrogens is 448 g/mol. The van der Waals surface area contributed by atoms with Gasteiger partial charge < -0.3 is 15.0 Å². The number of nitrogens with zero attached hydrogens (tertiary/aromatic N) is 3. The zero-order valence-corrected chi connectivity index (χ0v) is 21.6. The second-order valence-electron chi connectivity index (χ2n) is 8.90. The lowest BCUT2D eigenvalue weighted by Crippen LogP contribution is -2.41. The van der Waals surface area contributed by atoms with Gasteiger partial charge in [-0.1, -0.05) is 31.9 Å². The van der Waals surface area contributed by atoms with Crippen molar-refractivity contribution >= 4 is 28.3 Å². The number of hydrogen-bond acceptors (Lipinski definition) is 6. The second-order valence-corrected chi connectivity index (χ2v) is 10.1. The number of unbranched alkanes of at least 4 members (excludes halogenated alkanes) is 2. The van der Waals surface area contributed by atoms with Crippen molar-refractivity contribution in [3.05, 3.63) is 46.0 Å². The highest BCUT2D eigenvalue weighted by Gasteiger charge is 2.20. The van der Waals surface area contributed by atoms with Crippen molar-refractivity contribution in [3.8, 4) is 0 Å². The summed E-state index contributed by atoms with van der Waals surface area (Å²) in [7, 11) is 0. The number of morpholine rings is 1. The van der Waals surface area contributed by atoms with Crippen LogP contribution in [0.4, 0.5) is 5.13 Å². The molecule has 2 amide bonds. The molecule has 186 valence electrons. The molecule has 1 aromatic heterocycles. The summed E-state index contributed by atoms with van der Waals surface area (Å²) in [5.41, 5.74) is 2.79. The third-order valence-electron chi connectivity index (χ3n) is 6.17. The first-order chi connectivity index (χ1) is 16.5. The van der Waals surface area contributed by atoms with Crippen LogP contribution in [0.25, 0.3) is 0 Å². The lowest BCUT2D eigenvalue weighted by molar-refractivity contribution is -0.116. The number of aromatic nitrogens is 1. The highest BCUT2D eigenvalue weighted by atomic mass is 32.1. The van der Waals surface area contributed by atoms with E-state index in [-0.39, 0.29) is 18.4 Å². The van der Waals surface area contributed by atoms with Gasteiger partial charge in [-0.05, 0) is 50.8 Å². The Morgan fingerprint density at radius 2 is 1.85 bits per heavy atom. The molecule has 0 saturated carbocycles. The zero-order valence-electron chi connectivity index (χ0n) is 20.8. The van der Waals surface area contributed by atoms with Gasteiger partial charge in [0.25, 0.3) is 5.91 Å². The molecule has 0 radical (unpaired) electrons. The number of hydrogen-bond donors (Lipinski definition) is 1. The molecule has 0 bridgehead atoms. The Morgan fingerprint density at radius 3 is 2.50 bits per heavy atom. The van der Waals surface area contributed by atoms with Gasteiger partial charge in [0.2, 0.25) is 5.91 Å². The lowest BCUT2D eigenvalue weighted by Gasteiger charge is -2.28. The third kappa shape index (κ3) is 8.18. The summed E-state index contributed by atoms with van der Waals surface area (Å²) in [6.07, 6.45) is 5.40. The van der Waals surface area contributed by atoms with Crippen LogP contribution in [-0.2, 0) is 16.0 Å². The summed E-state index contributed by atoms with van der Waals surface area (Å²) in [5.74, 6) is -0.326. The molecule has 2 heterocycles. The molecule has 3 rings (SSSR count). The highest BCUT2D eigenvalue weighted by Crippen LogP contribution is 2.21. The maximum absolute atomic E-state index is 13.3. The number of rotatable bonds is 12. The Kier molecular flexibility index (Phi) is 10.5. The molecule has 0 aliphatic carbocycles. The van der Waals surface area contributed by atoms with Gasteiger partial charge in [0.15, 0.2) is 5.13 Å². The topological polar surface area (TPSA) is 74.8 Å². The molecule has 1 saturated heterocycles. The van der Waals surface area contributed by atoms with Crippen molar-refractivity contribution in [3.63, 3.8) is 0 Å². The lowest BCUT2D eigenvalue weighted by atomic mass is 10.0. The highest BCUT2D eigenvalue weighted by molar-refractivity contribution is 7.15. The largest absolute Gasteiger partial charge is 0.379 e. The van der Waals surface area contributed by atoms with Crippen LogP contribution in [-0.4, -0.2) is 72.5 Å². The van der Waals surface area contributed by atoms with Crippen LogP contribution in [0.3, 0.4) is 0 Å². The summed E-state index contributed by atoms with van der Waals surface area (Å²) in [6, 6.07) is 7.86. The first kappa shape index (κ1) is 26.3. The summed E-state index contributed by atoms with van der Waals surface area (Å²) in [6.45, 7) is 10.9. The van der Waals surface area contributed by atoms with E-state index in [1.54, 1.807) is 4.90 Å². The van der Waals surface area contributed by atoms with Gasteiger partial charge in [-0.3, -0.25) is 14.5 Å². The van der Waals surface area contributed by atoms with Crippen LogP contribution in [0.1, 0.15) is 59.1 Å². The summed E-state index contributed by atoms with van der Waals surface area (Å²) in [5, 5.41) is 3.45. The van der Waals surface area contributed by atoms with Crippen LogP contribution in [0.15, 0.2) is 24.3 Å². The van der Waals surface area contributed by atoms with Gasteiger partial charge in [-0.2, -0.15) is 0 Å². The van der Waals surface area contributed by atoms with Crippen LogP contribution < -0.4 is 5.32 Å². The molecular formula is C26H38N4O3S. The molecule has 1 N–H and O–H groups in total. The fraction of sp³-hybridized carbons (Fsp3) is 0.577. The predicted molar refractivity (Wildman–Crippen MR) is 138 cm³/mol. The monoisotopic (exact) mass is 486 g/mol. The average Bonchev–Trinajstić information content (AvgIpc) is 3.15. The number of aryl methyl sites for hydroxylation is 3. The molecule has 1 aliphatic rings. The van der Waals surface area contributed by atoms with Gasteiger partial charge in [-0.15, -0.1) is 11.3 Å². The molecule has 7 nitrogen and oxygen atoms in total. The quantitative estimate of drug-likeness (QED) is 0.453. The van der Waals surface area contributed by atoms with Crippen LogP contribution in [0.5, 0.6) is 0 Å². The van der Waals surface area contributed by atoms with Gasteiger partial charge in [0.1, 0.15) is 6.54 Å². The molecule has 1 fully saturated rings. The number of thiazole rings is 1. The molecule has 1 aromatic carbocycles. The number of carbonyl (C=O) groups excluding carboxylic acids is 2. The minimum Gasteiger partial charge on any atom is -0.379 e. The van der Waals surface area contributed by atoms with Crippen molar-refractivity contribution in [2.45, 2.75) is 52.9 Å². The van der Waals surface area contributed by atoms with Crippen molar-refractivity contribution < 1.29 is 14.3 Å². The maximum Gasteiger partial charge on any atom is 0.254 e. The number of carbonyl (C=O) groups is 2. The smallest absolute Gasteiger partial charge is 0.254 e. The van der Waals surface area contributed by atoms with Gasteiger partial charge in [0.05, 0.1) is 18.9 Å². The number of amides is 2. The fourth-order valence-electron chi connectivity index (χ4n) is 4.00. The Labute approximate surface area is 207 Å². The molecule has 2 aromatic rings. The predicted octanol–water partition coefficient (Wildman–Crippen LogP) is 4.30. The van der Waals surface area contributed by atoms with E-state index in [0.717, 1.165) is 62.7 Å². The zero-order chi connectivity index (χ0) is 24.3. The second kappa shape index (κ2) is 13.6. The van der Waals surface area contributed by atoms with E-state index >= 15 is 0 Å². The molecule has 34 heavy (non-hydrogen) atoms. The molecule has 8 heteroatoms. The standard InChI is InChI=1S/C26H38N4O3S/c1-4-5-6-8-22-9-11-23(12-10-22)25(32)30(14-7-13-29-15-17-33-18-16-29)19-24(31)28-26-27-20(2)21(3)34-26/h9-12H,4-8,13-19H2,1-3H3,(H,27,28,31). The van der Waals surface area contributed by atoms with Crippen LogP contribution in [0, 0.1) is 13.8 Å². The van der Waals surface area contributed by atoms with Crippen LogP contribution >= 0.6 is 11.3 Å². The molecule has 0 spiro atoms. The molecule has 0 unspecified atom stereocenters. The Hall–Kier alpha value is -2.29. The number of anilines is 1. The minimum absolute atomic E-state index is 0.0118. The van der Waals surface area contributed by atoms with E-state index in [1.165, 1.54) is 29.7 Å². The average molecular weight is 487 g/mol. The summed E-state index contributed by atoms with van der Waals surface area (Å²) < 4.78 is 5.42. The third-order valence-corrected chi connectivity index (χ3v) is 7.16. The van der Waals surface area contributed by atoms with Crippen molar-refractivity contribution in [2.24, 2.45) is 0 Å². The number of ether oxygens (including phenoxy) is 1. The van der Waals surface area contributed by atoms with E-state index < -0.39 is 0 Å². The minimum atomic E-state index is -0.218. The Morgan fingerprint density at radius 1 is 1.12 bits per heavy atom. The van der Waals surface area contributed by atoms with Gasteiger partial charge in [0, 0.05) is 36.6 Å². The van der Waals surface area contributed by atoms with E-state index in [1.807, 2.05) is 38.1 Å². The van der Waals surface area contributed by atoms with E-state index in [0.29, 0.717) is 17.2 Å².